The van der Waals surface area contributed by atoms with Crippen molar-refractivity contribution in [1.29, 1.82) is 0 Å². The Morgan fingerprint density at radius 1 is 0.853 bits per heavy atom. The van der Waals surface area contributed by atoms with E-state index < -0.39 is 5.69 Å². The fourth-order valence-corrected chi connectivity index (χ4v) is 3.07. The Bertz CT molecular complexity index is 1210. The zero-order valence-electron chi connectivity index (χ0n) is 18.4. The topological polar surface area (TPSA) is 179 Å². The molecule has 2 heterocycles. The lowest BCUT2D eigenvalue weighted by Gasteiger charge is -2.11. The number of ether oxygens (including phenoxy) is 1. The number of imidazole rings is 1. The maximum Gasteiger partial charge on any atom is 0.327 e. The largest absolute Gasteiger partial charge is 0.497 e. The highest BCUT2D eigenvalue weighted by molar-refractivity contribution is 5.56. The number of nitrogens with one attached hydrogen (secondary N) is 5. The number of nitrogens with zero attached hydrogens (tertiary/aromatic N) is 3. The molecule has 0 radical (unpaired) electrons. The average Bonchev–Trinajstić information content (AvgIpc) is 3.18. The summed E-state index contributed by atoms with van der Waals surface area (Å²) in [6.45, 7) is 1.41. The minimum atomic E-state index is -0.564. The van der Waals surface area contributed by atoms with E-state index in [1.807, 2.05) is 48.5 Å². The second kappa shape index (κ2) is 10.4. The van der Waals surface area contributed by atoms with Crippen LogP contribution in [-0.4, -0.2) is 37.1 Å². The van der Waals surface area contributed by atoms with Gasteiger partial charge in [0.25, 0.3) is 0 Å². The number of aromatic amines is 2. The molecule has 0 saturated carbocycles. The maximum absolute atomic E-state index is 11.4. The molecule has 176 valence electrons. The zero-order valence-corrected chi connectivity index (χ0v) is 18.4. The predicted molar refractivity (Wildman–Crippen MR) is 128 cm³/mol. The molecule has 2 aromatic heterocycles. The first-order valence-electron chi connectivity index (χ1n) is 10.5. The van der Waals surface area contributed by atoms with Crippen LogP contribution in [0.4, 0.5) is 23.7 Å². The third-order valence-corrected chi connectivity index (χ3v) is 4.90. The van der Waals surface area contributed by atoms with Crippen molar-refractivity contribution in [2.24, 2.45) is 5.73 Å². The van der Waals surface area contributed by atoms with Gasteiger partial charge in [-0.1, -0.05) is 36.4 Å². The van der Waals surface area contributed by atoms with E-state index in [1.165, 1.54) is 0 Å². The second-order valence-corrected chi connectivity index (χ2v) is 7.31. The smallest absolute Gasteiger partial charge is 0.327 e. The lowest BCUT2D eigenvalue weighted by molar-refractivity contribution is 0.414. The van der Waals surface area contributed by atoms with Crippen LogP contribution in [-0.2, 0) is 19.6 Å². The number of nitrogens with two attached hydrogens (primary N) is 1. The van der Waals surface area contributed by atoms with Gasteiger partial charge in [0.15, 0.2) is 5.82 Å². The van der Waals surface area contributed by atoms with Gasteiger partial charge in [-0.3, -0.25) is 9.97 Å². The molecule has 0 spiro atoms. The van der Waals surface area contributed by atoms with Gasteiger partial charge in [-0.15, -0.1) is 0 Å². The maximum atomic E-state index is 11.4. The number of hydrogen-bond acceptors (Lipinski definition) is 10. The number of aromatic hydroxyl groups is 1. The number of benzene rings is 2. The van der Waals surface area contributed by atoms with Crippen molar-refractivity contribution in [3.8, 4) is 11.6 Å². The van der Waals surface area contributed by atoms with Crippen LogP contribution in [0, 0.1) is 0 Å². The number of hydrogen-bond donors (Lipinski definition) is 7. The molecule has 0 amide bonds. The number of methoxy groups -OCH3 is 1. The molecule has 0 unspecified atom stereocenters. The van der Waals surface area contributed by atoms with Crippen LogP contribution in [0.15, 0.2) is 53.3 Å². The molecular weight excluding hydrogens is 438 g/mol. The van der Waals surface area contributed by atoms with Gasteiger partial charge < -0.3 is 31.5 Å². The number of aromatic nitrogens is 5. The van der Waals surface area contributed by atoms with Gasteiger partial charge in [0.2, 0.25) is 23.7 Å². The Hall–Kier alpha value is -4.58. The van der Waals surface area contributed by atoms with Crippen molar-refractivity contribution >= 4 is 23.7 Å². The number of rotatable bonds is 10. The summed E-state index contributed by atoms with van der Waals surface area (Å²) < 4.78 is 5.18. The lowest BCUT2D eigenvalue weighted by atomic mass is 10.1. The van der Waals surface area contributed by atoms with E-state index in [1.54, 1.807) is 7.11 Å². The third kappa shape index (κ3) is 5.81. The molecule has 0 aliphatic carbocycles. The second-order valence-electron chi connectivity index (χ2n) is 7.31. The number of anilines is 4. The molecule has 12 nitrogen and oxygen atoms in total. The standard InChI is InChI=1S/C22H25N9O3/c1-34-16-8-6-15(7-9-16)12-25-20-29-19(24-11-14-4-2-13(10-23)3-5-14)30-21(31-20)26-17-18(32)28-22(33)27-17/h2-9,32H,10-12,23H2,1H3,(H2,27,28,33)(H3,24,25,26,29,30,31). The lowest BCUT2D eigenvalue weighted by Crippen LogP contribution is -2.11. The zero-order chi connectivity index (χ0) is 23.9. The van der Waals surface area contributed by atoms with E-state index in [0.717, 1.165) is 22.4 Å². The van der Waals surface area contributed by atoms with Gasteiger partial charge in [0.1, 0.15) is 5.75 Å². The molecule has 2 aromatic carbocycles. The normalized spacial score (nSPS) is 10.6. The van der Waals surface area contributed by atoms with Crippen molar-refractivity contribution < 1.29 is 9.84 Å². The van der Waals surface area contributed by atoms with Gasteiger partial charge in [0.05, 0.1) is 7.11 Å². The average molecular weight is 464 g/mol. The van der Waals surface area contributed by atoms with Crippen LogP contribution >= 0.6 is 0 Å². The predicted octanol–water partition coefficient (Wildman–Crippen LogP) is 2.03. The first kappa shape index (κ1) is 22.6. The molecule has 0 atom stereocenters. The molecule has 4 rings (SSSR count). The third-order valence-electron chi connectivity index (χ3n) is 4.90. The highest BCUT2D eigenvalue weighted by Gasteiger charge is 2.11. The van der Waals surface area contributed by atoms with E-state index in [0.29, 0.717) is 31.5 Å². The molecule has 0 aliphatic rings. The van der Waals surface area contributed by atoms with Crippen LogP contribution in [0.2, 0.25) is 0 Å². The van der Waals surface area contributed by atoms with Gasteiger partial charge in [-0.2, -0.15) is 15.0 Å². The molecule has 0 fully saturated rings. The van der Waals surface area contributed by atoms with Gasteiger partial charge >= 0.3 is 5.69 Å². The van der Waals surface area contributed by atoms with Crippen LogP contribution < -0.4 is 32.1 Å². The molecule has 34 heavy (non-hydrogen) atoms. The van der Waals surface area contributed by atoms with Crippen LogP contribution in [0.3, 0.4) is 0 Å². The Balaban J connectivity index is 1.52. The van der Waals surface area contributed by atoms with Crippen molar-refractivity contribution in [3.05, 3.63) is 75.7 Å². The summed E-state index contributed by atoms with van der Waals surface area (Å²) in [5.74, 6) is 1.18. The van der Waals surface area contributed by atoms with Gasteiger partial charge in [0, 0.05) is 19.6 Å². The summed E-state index contributed by atoms with van der Waals surface area (Å²) in [5, 5.41) is 19.0. The summed E-state index contributed by atoms with van der Waals surface area (Å²) in [6.07, 6.45) is 0. The van der Waals surface area contributed by atoms with Crippen molar-refractivity contribution in [1.82, 2.24) is 24.9 Å². The van der Waals surface area contributed by atoms with Crippen molar-refractivity contribution in [3.63, 3.8) is 0 Å². The molecule has 12 heteroatoms. The molecule has 4 aromatic rings. The van der Waals surface area contributed by atoms with E-state index in [9.17, 15) is 9.90 Å². The fourth-order valence-electron chi connectivity index (χ4n) is 3.07. The van der Waals surface area contributed by atoms with Gasteiger partial charge in [-0.05, 0) is 28.8 Å². The van der Waals surface area contributed by atoms with Gasteiger partial charge in [-0.25, -0.2) is 4.79 Å². The molecule has 0 bridgehead atoms. The minimum Gasteiger partial charge on any atom is -0.497 e. The Kier molecular flexibility index (Phi) is 6.89. The van der Waals surface area contributed by atoms with Crippen molar-refractivity contribution in [2.75, 3.05) is 23.1 Å². The first-order valence-corrected chi connectivity index (χ1v) is 10.5. The summed E-state index contributed by atoms with van der Waals surface area (Å²) in [4.78, 5) is 29.2. The summed E-state index contributed by atoms with van der Waals surface area (Å²) >= 11 is 0. The summed E-state index contributed by atoms with van der Waals surface area (Å²) in [7, 11) is 1.61. The van der Waals surface area contributed by atoms with E-state index in [2.05, 4.69) is 40.9 Å². The molecule has 8 N–H and O–H groups in total. The highest BCUT2D eigenvalue weighted by atomic mass is 16.5. The molecule has 0 saturated heterocycles. The van der Waals surface area contributed by atoms with Crippen LogP contribution in [0.5, 0.6) is 11.6 Å². The number of H-pyrrole nitrogens is 2. The summed E-state index contributed by atoms with van der Waals surface area (Å²) in [6, 6.07) is 15.5. The quantitative estimate of drug-likeness (QED) is 0.184. The fraction of sp³-hybridized carbons (Fsp3) is 0.182. The Morgan fingerprint density at radius 3 is 1.88 bits per heavy atom. The SMILES string of the molecule is COc1ccc(CNc2nc(NCc3ccc(CN)cc3)nc(Nc3[nH]c(=O)[nH]c3O)n2)cc1. The monoisotopic (exact) mass is 463 g/mol. The Labute approximate surface area is 194 Å². The molecule has 0 aliphatic heterocycles. The van der Waals surface area contributed by atoms with Crippen LogP contribution in [0.25, 0.3) is 0 Å². The highest BCUT2D eigenvalue weighted by Crippen LogP contribution is 2.20. The first-order chi connectivity index (χ1) is 16.5. The minimum absolute atomic E-state index is 0.0422. The van der Waals surface area contributed by atoms with E-state index in [4.69, 9.17) is 10.5 Å². The Morgan fingerprint density at radius 2 is 1.38 bits per heavy atom. The van der Waals surface area contributed by atoms with Crippen LogP contribution in [0.1, 0.15) is 16.7 Å². The van der Waals surface area contributed by atoms with Crippen molar-refractivity contribution in [2.45, 2.75) is 19.6 Å². The summed E-state index contributed by atoms with van der Waals surface area (Å²) in [5.41, 5.74) is 8.15. The molecular formula is C22H25N9O3. The van der Waals surface area contributed by atoms with E-state index >= 15 is 0 Å². The van der Waals surface area contributed by atoms with E-state index in [-0.39, 0.29) is 17.6 Å².